The van der Waals surface area contributed by atoms with E-state index < -0.39 is 5.60 Å². The number of benzene rings is 1. The molecular weight excluding hydrogens is 334 g/mol. The third-order valence-corrected chi connectivity index (χ3v) is 7.07. The van der Waals surface area contributed by atoms with E-state index >= 15 is 0 Å². The van der Waals surface area contributed by atoms with E-state index in [1.807, 2.05) is 25.1 Å². The molecule has 136 valence electrons. The van der Waals surface area contributed by atoms with Gasteiger partial charge < -0.3 is 10.4 Å². The predicted octanol–water partition coefficient (Wildman–Crippen LogP) is 4.19. The number of hydrogen-bond donors (Lipinski definition) is 2. The molecule has 4 aliphatic carbocycles. The minimum absolute atomic E-state index is 0.0548. The van der Waals surface area contributed by atoms with E-state index in [4.69, 9.17) is 11.6 Å². The van der Waals surface area contributed by atoms with Crippen molar-refractivity contribution in [2.45, 2.75) is 68.4 Å². The second-order valence-electron chi connectivity index (χ2n) is 8.64. The molecule has 1 amide bonds. The van der Waals surface area contributed by atoms with Gasteiger partial charge in [0.1, 0.15) is 0 Å². The van der Waals surface area contributed by atoms with Crippen LogP contribution in [0.15, 0.2) is 30.3 Å². The zero-order chi connectivity index (χ0) is 17.7. The van der Waals surface area contributed by atoms with Crippen molar-refractivity contribution < 1.29 is 9.90 Å². The first-order valence-corrected chi connectivity index (χ1v) is 10.1. The lowest BCUT2D eigenvalue weighted by Gasteiger charge is -2.63. The van der Waals surface area contributed by atoms with Crippen LogP contribution in [0.1, 0.15) is 63.5 Å². The Bertz CT molecular complexity index is 651. The second-order valence-corrected chi connectivity index (χ2v) is 9.44. The standard InChI is InChI=1S/C21H28ClNO2/c1-2-6-17(24)23-19(15-7-4-3-5-8-15)18-16-9-14-10-20(22,12-16)13-21(18,25)11-14/h3-5,7-8,14,16,18-19,25H,2,6,9-13H2,1H3,(H,23,24)/t14-,16?,18+,19-,20-,21-/m0/s1. The van der Waals surface area contributed by atoms with Gasteiger partial charge in [0.2, 0.25) is 5.91 Å². The molecule has 4 fully saturated rings. The second kappa shape index (κ2) is 6.28. The van der Waals surface area contributed by atoms with Crippen LogP contribution in [0.2, 0.25) is 0 Å². The van der Waals surface area contributed by atoms with Crippen LogP contribution >= 0.6 is 11.6 Å². The summed E-state index contributed by atoms with van der Waals surface area (Å²) in [7, 11) is 0. The van der Waals surface area contributed by atoms with Gasteiger partial charge in [0.05, 0.1) is 11.6 Å². The number of alkyl halides is 1. The summed E-state index contributed by atoms with van der Waals surface area (Å²) >= 11 is 6.84. The molecule has 25 heavy (non-hydrogen) atoms. The summed E-state index contributed by atoms with van der Waals surface area (Å²) in [6.07, 6.45) is 5.99. The number of amides is 1. The number of carbonyl (C=O) groups excluding carboxylic acids is 1. The van der Waals surface area contributed by atoms with Gasteiger partial charge in [-0.2, -0.15) is 0 Å². The molecule has 0 spiro atoms. The molecule has 0 aromatic heterocycles. The lowest BCUT2D eigenvalue weighted by molar-refractivity contribution is -0.175. The Balaban J connectivity index is 1.68. The Labute approximate surface area is 155 Å². The van der Waals surface area contributed by atoms with Gasteiger partial charge in [0, 0.05) is 17.2 Å². The third-order valence-electron chi connectivity index (χ3n) is 6.62. The van der Waals surface area contributed by atoms with Crippen LogP contribution < -0.4 is 5.32 Å². The lowest BCUT2D eigenvalue weighted by atomic mass is 9.47. The van der Waals surface area contributed by atoms with Crippen molar-refractivity contribution in [1.82, 2.24) is 5.32 Å². The fourth-order valence-electron chi connectivity index (χ4n) is 6.15. The number of halogens is 1. The first-order chi connectivity index (χ1) is 11.9. The average Bonchev–Trinajstić information content (AvgIpc) is 2.52. The maximum Gasteiger partial charge on any atom is 0.220 e. The summed E-state index contributed by atoms with van der Waals surface area (Å²) in [5, 5.41) is 14.8. The summed E-state index contributed by atoms with van der Waals surface area (Å²) in [6, 6.07) is 10.0. The molecule has 4 heteroatoms. The average molecular weight is 362 g/mol. The molecule has 1 aromatic rings. The van der Waals surface area contributed by atoms with E-state index in [-0.39, 0.29) is 22.7 Å². The van der Waals surface area contributed by atoms with Gasteiger partial charge in [-0.05, 0) is 55.9 Å². The highest BCUT2D eigenvalue weighted by Crippen LogP contribution is 2.64. The summed E-state index contributed by atoms with van der Waals surface area (Å²) in [5.41, 5.74) is 0.340. The van der Waals surface area contributed by atoms with Crippen molar-refractivity contribution in [3.05, 3.63) is 35.9 Å². The number of aliphatic hydroxyl groups is 1. The van der Waals surface area contributed by atoms with Gasteiger partial charge in [-0.3, -0.25) is 4.79 Å². The number of hydrogen-bond acceptors (Lipinski definition) is 2. The molecule has 1 unspecified atom stereocenters. The van der Waals surface area contributed by atoms with Gasteiger partial charge >= 0.3 is 0 Å². The maximum atomic E-state index is 12.4. The Hall–Kier alpha value is -1.06. The number of nitrogens with one attached hydrogen (secondary N) is 1. The zero-order valence-corrected chi connectivity index (χ0v) is 15.6. The highest BCUT2D eigenvalue weighted by molar-refractivity contribution is 6.24. The van der Waals surface area contributed by atoms with Gasteiger partial charge in [0.15, 0.2) is 0 Å². The van der Waals surface area contributed by atoms with Crippen molar-refractivity contribution in [1.29, 1.82) is 0 Å². The molecule has 5 rings (SSSR count). The normalized spacial score (nSPS) is 40.0. The van der Waals surface area contributed by atoms with Crippen LogP contribution in [-0.2, 0) is 4.79 Å². The topological polar surface area (TPSA) is 49.3 Å². The lowest BCUT2D eigenvalue weighted by Crippen LogP contribution is -2.64. The Kier molecular flexibility index (Phi) is 4.36. The van der Waals surface area contributed by atoms with Crippen LogP contribution in [0.25, 0.3) is 0 Å². The molecule has 4 bridgehead atoms. The minimum Gasteiger partial charge on any atom is -0.389 e. The summed E-state index contributed by atoms with van der Waals surface area (Å²) < 4.78 is 0. The quantitative estimate of drug-likeness (QED) is 0.772. The molecule has 0 aliphatic heterocycles. The first-order valence-electron chi connectivity index (χ1n) is 9.68. The van der Waals surface area contributed by atoms with Crippen molar-refractivity contribution in [2.75, 3.05) is 0 Å². The van der Waals surface area contributed by atoms with Crippen LogP contribution in [0.5, 0.6) is 0 Å². The molecule has 0 heterocycles. The van der Waals surface area contributed by atoms with Crippen molar-refractivity contribution >= 4 is 17.5 Å². The fraction of sp³-hybridized carbons (Fsp3) is 0.667. The van der Waals surface area contributed by atoms with Crippen molar-refractivity contribution in [3.63, 3.8) is 0 Å². The largest absolute Gasteiger partial charge is 0.389 e. The van der Waals surface area contributed by atoms with Crippen LogP contribution in [0.4, 0.5) is 0 Å². The van der Waals surface area contributed by atoms with Crippen LogP contribution in [0, 0.1) is 17.8 Å². The molecule has 1 aromatic carbocycles. The molecular formula is C21H28ClNO2. The van der Waals surface area contributed by atoms with E-state index in [0.717, 1.165) is 37.7 Å². The van der Waals surface area contributed by atoms with Crippen LogP contribution in [0.3, 0.4) is 0 Å². The maximum absolute atomic E-state index is 12.4. The van der Waals surface area contributed by atoms with Crippen LogP contribution in [-0.4, -0.2) is 21.5 Å². The molecule has 6 atom stereocenters. The van der Waals surface area contributed by atoms with E-state index in [1.165, 1.54) is 0 Å². The summed E-state index contributed by atoms with van der Waals surface area (Å²) in [6.45, 7) is 2.02. The molecule has 4 saturated carbocycles. The Morgan fingerprint density at radius 3 is 2.72 bits per heavy atom. The molecule has 2 N–H and O–H groups in total. The van der Waals surface area contributed by atoms with E-state index in [0.29, 0.717) is 24.7 Å². The zero-order valence-electron chi connectivity index (χ0n) is 14.9. The monoisotopic (exact) mass is 361 g/mol. The smallest absolute Gasteiger partial charge is 0.220 e. The molecule has 3 nitrogen and oxygen atoms in total. The summed E-state index contributed by atoms with van der Waals surface area (Å²) in [4.78, 5) is 12.2. The van der Waals surface area contributed by atoms with E-state index in [2.05, 4.69) is 17.4 Å². The van der Waals surface area contributed by atoms with Crippen molar-refractivity contribution in [3.8, 4) is 0 Å². The predicted molar refractivity (Wildman–Crippen MR) is 99.3 cm³/mol. The number of carbonyl (C=O) groups is 1. The van der Waals surface area contributed by atoms with Gasteiger partial charge in [-0.25, -0.2) is 0 Å². The fourth-order valence-corrected chi connectivity index (χ4v) is 6.80. The minimum atomic E-state index is -0.758. The van der Waals surface area contributed by atoms with Gasteiger partial charge in [-0.15, -0.1) is 11.6 Å². The molecule has 4 aliphatic rings. The van der Waals surface area contributed by atoms with E-state index in [9.17, 15) is 9.90 Å². The highest BCUT2D eigenvalue weighted by Gasteiger charge is 2.63. The Morgan fingerprint density at radius 2 is 2.08 bits per heavy atom. The van der Waals surface area contributed by atoms with Crippen molar-refractivity contribution in [2.24, 2.45) is 17.8 Å². The molecule has 0 saturated heterocycles. The number of rotatable bonds is 5. The van der Waals surface area contributed by atoms with Gasteiger partial charge in [0.25, 0.3) is 0 Å². The first kappa shape index (κ1) is 17.4. The van der Waals surface area contributed by atoms with E-state index in [1.54, 1.807) is 0 Å². The Morgan fingerprint density at radius 1 is 1.32 bits per heavy atom. The third kappa shape index (κ3) is 3.10. The summed E-state index contributed by atoms with van der Waals surface area (Å²) in [5.74, 6) is 1.05. The molecule has 0 radical (unpaired) electrons. The SMILES string of the molecule is CCCC(=O)N[C@@H](c1ccccc1)[C@H]1C2C[C@H]3C[C@](Cl)(C2)C[C@@]1(O)C3. The highest BCUT2D eigenvalue weighted by atomic mass is 35.5. The van der Waals surface area contributed by atoms with Gasteiger partial charge in [-0.1, -0.05) is 37.3 Å².